The van der Waals surface area contributed by atoms with Crippen molar-refractivity contribution in [2.45, 2.75) is 0 Å². The Morgan fingerprint density at radius 2 is 0.944 bits per heavy atom. The maximum atomic E-state index is 12.8. The summed E-state index contributed by atoms with van der Waals surface area (Å²) in [6.45, 7) is 0. The number of thiocarbonyl (C=S) groups is 2. The number of hydrogen-bond acceptors (Lipinski definition) is 8. The van der Waals surface area contributed by atoms with E-state index in [0.717, 1.165) is 0 Å². The number of benzene rings is 3. The third-order valence-electron chi connectivity index (χ3n) is 4.54. The summed E-state index contributed by atoms with van der Waals surface area (Å²) in [4.78, 5) is 46.0. The van der Waals surface area contributed by atoms with Gasteiger partial charge in [-0.2, -0.15) is 0 Å². The van der Waals surface area contributed by atoms with E-state index in [2.05, 4.69) is 21.3 Å². The fourth-order valence-electron chi connectivity index (χ4n) is 2.88. The molecule has 0 heterocycles. The zero-order valence-corrected chi connectivity index (χ0v) is 19.7. The Kier molecular flexibility index (Phi) is 8.27. The van der Waals surface area contributed by atoms with Crippen molar-refractivity contribution in [3.8, 4) is 0 Å². The summed E-state index contributed by atoms with van der Waals surface area (Å²) in [7, 11) is 0. The largest absolute Gasteiger partial charge is 0.332 e. The van der Waals surface area contributed by atoms with Crippen molar-refractivity contribution in [1.82, 2.24) is 10.6 Å². The molecule has 0 aromatic heterocycles. The van der Waals surface area contributed by atoms with E-state index in [0.29, 0.717) is 11.4 Å². The number of nitrogens with one attached hydrogen (secondary N) is 4. The first-order chi connectivity index (χ1) is 17.1. The third-order valence-corrected chi connectivity index (χ3v) is 4.95. The number of rotatable bonds is 6. The van der Waals surface area contributed by atoms with Gasteiger partial charge in [0.1, 0.15) is 0 Å². The number of amides is 2. The Labute approximate surface area is 214 Å². The molecule has 0 bridgehead atoms. The van der Waals surface area contributed by atoms with Crippen molar-refractivity contribution in [3.05, 3.63) is 104 Å². The van der Waals surface area contributed by atoms with Gasteiger partial charge in [0.15, 0.2) is 10.2 Å². The molecule has 12 nitrogen and oxygen atoms in total. The summed E-state index contributed by atoms with van der Waals surface area (Å²) in [5.74, 6) is -1.34. The van der Waals surface area contributed by atoms with E-state index in [-0.39, 0.29) is 32.7 Å². The predicted octanol–water partition coefficient (Wildman–Crippen LogP) is 3.76. The second-order valence-electron chi connectivity index (χ2n) is 6.97. The Morgan fingerprint density at radius 1 is 0.611 bits per heavy atom. The monoisotopic (exact) mass is 524 g/mol. The number of carbonyl (C=O) groups excluding carboxylic acids is 2. The van der Waals surface area contributed by atoms with Crippen molar-refractivity contribution in [2.24, 2.45) is 0 Å². The summed E-state index contributed by atoms with van der Waals surface area (Å²) >= 11 is 10.2. The minimum Gasteiger partial charge on any atom is -0.332 e. The standard InChI is InChI=1S/C22H16N6O6S2/c29-19(25-21(35)23-13-5-9-15(10-6-13)27(31)32)17-3-1-2-4-18(17)20(30)26-22(36)24-14-7-11-16(12-8-14)28(33)34/h1-12H,(H2,23,25,29,35)(H2,24,26,30,36). The zero-order valence-electron chi connectivity index (χ0n) is 18.1. The molecule has 0 radical (unpaired) electrons. The Bertz CT molecular complexity index is 1260. The molecule has 4 N–H and O–H groups in total. The smallest absolute Gasteiger partial charge is 0.269 e. The van der Waals surface area contributed by atoms with Crippen LogP contribution >= 0.6 is 24.4 Å². The first-order valence-corrected chi connectivity index (χ1v) is 10.8. The number of nitro benzene ring substituents is 2. The highest BCUT2D eigenvalue weighted by Gasteiger charge is 2.19. The van der Waals surface area contributed by atoms with Crippen LogP contribution in [0.4, 0.5) is 22.7 Å². The highest BCUT2D eigenvalue weighted by molar-refractivity contribution is 7.80. The SMILES string of the molecule is O=C(NC(=S)Nc1ccc([N+](=O)[O-])cc1)c1ccccc1C(=O)NC(=S)Nc1ccc([N+](=O)[O-])cc1. The molecule has 3 aromatic carbocycles. The fourth-order valence-corrected chi connectivity index (χ4v) is 3.30. The summed E-state index contributed by atoms with van der Waals surface area (Å²) in [6.07, 6.45) is 0. The van der Waals surface area contributed by atoms with Crippen LogP contribution in [0.15, 0.2) is 72.8 Å². The van der Waals surface area contributed by atoms with Crippen molar-refractivity contribution in [1.29, 1.82) is 0 Å². The van der Waals surface area contributed by atoms with E-state index < -0.39 is 21.7 Å². The van der Waals surface area contributed by atoms with Gasteiger partial charge in [-0.15, -0.1) is 0 Å². The van der Waals surface area contributed by atoms with Crippen molar-refractivity contribution in [2.75, 3.05) is 10.6 Å². The second-order valence-corrected chi connectivity index (χ2v) is 7.79. The van der Waals surface area contributed by atoms with E-state index in [9.17, 15) is 29.8 Å². The molecule has 0 saturated heterocycles. The zero-order chi connectivity index (χ0) is 26.2. The summed E-state index contributed by atoms with van der Waals surface area (Å²) < 4.78 is 0. The molecule has 0 fully saturated rings. The van der Waals surface area contributed by atoms with Gasteiger partial charge in [0.05, 0.1) is 21.0 Å². The van der Waals surface area contributed by atoms with Gasteiger partial charge in [-0.05, 0) is 60.8 Å². The quantitative estimate of drug-likeness (QED) is 0.212. The second kappa shape index (κ2) is 11.5. The summed E-state index contributed by atoms with van der Waals surface area (Å²) in [5, 5.41) is 31.7. The maximum absolute atomic E-state index is 12.8. The van der Waals surface area contributed by atoms with Gasteiger partial charge in [0.25, 0.3) is 23.2 Å². The van der Waals surface area contributed by atoms with Crippen LogP contribution in [0.2, 0.25) is 0 Å². The molecule has 0 saturated carbocycles. The van der Waals surface area contributed by atoms with Gasteiger partial charge in [0.2, 0.25) is 0 Å². The molecular formula is C22H16N6O6S2. The molecule has 3 rings (SSSR count). The van der Waals surface area contributed by atoms with Gasteiger partial charge < -0.3 is 10.6 Å². The average molecular weight is 525 g/mol. The van der Waals surface area contributed by atoms with Crippen LogP contribution in [0.5, 0.6) is 0 Å². The molecule has 3 aromatic rings. The lowest BCUT2D eigenvalue weighted by atomic mass is 10.1. The van der Waals surface area contributed by atoms with E-state index in [1.165, 1.54) is 60.7 Å². The lowest BCUT2D eigenvalue weighted by Gasteiger charge is -2.13. The number of nitrogens with zero attached hydrogens (tertiary/aromatic N) is 2. The molecule has 0 spiro atoms. The van der Waals surface area contributed by atoms with E-state index in [1.54, 1.807) is 12.1 Å². The topological polar surface area (TPSA) is 169 Å². The van der Waals surface area contributed by atoms with Crippen LogP contribution in [0.25, 0.3) is 0 Å². The van der Waals surface area contributed by atoms with Crippen molar-refractivity contribution < 1.29 is 19.4 Å². The van der Waals surface area contributed by atoms with Crippen molar-refractivity contribution >= 4 is 69.2 Å². The molecule has 0 aliphatic heterocycles. The first-order valence-electron chi connectivity index (χ1n) is 9.96. The maximum Gasteiger partial charge on any atom is 0.269 e. The molecule has 0 aliphatic carbocycles. The Hall–Kier alpha value is -4.82. The lowest BCUT2D eigenvalue weighted by molar-refractivity contribution is -0.385. The minimum absolute atomic E-state index is 0.0148. The van der Waals surface area contributed by atoms with Crippen LogP contribution in [0.3, 0.4) is 0 Å². The van der Waals surface area contributed by atoms with Crippen LogP contribution in [-0.2, 0) is 0 Å². The average Bonchev–Trinajstić information content (AvgIpc) is 2.84. The number of nitro groups is 2. The summed E-state index contributed by atoms with van der Waals surface area (Å²) in [5.41, 5.74) is 0.661. The van der Waals surface area contributed by atoms with E-state index in [1.807, 2.05) is 0 Å². The highest BCUT2D eigenvalue weighted by atomic mass is 32.1. The van der Waals surface area contributed by atoms with Crippen LogP contribution in [0, 0.1) is 20.2 Å². The van der Waals surface area contributed by atoms with Crippen LogP contribution in [0.1, 0.15) is 20.7 Å². The highest BCUT2D eigenvalue weighted by Crippen LogP contribution is 2.17. The van der Waals surface area contributed by atoms with E-state index in [4.69, 9.17) is 24.4 Å². The third kappa shape index (κ3) is 6.85. The van der Waals surface area contributed by atoms with Gasteiger partial charge >= 0.3 is 0 Å². The van der Waals surface area contributed by atoms with Gasteiger partial charge in [-0.1, -0.05) is 12.1 Å². The molecule has 0 atom stereocenters. The summed E-state index contributed by atoms with van der Waals surface area (Å²) in [6, 6.07) is 16.8. The number of non-ortho nitro benzene ring substituents is 2. The number of hydrogen-bond donors (Lipinski definition) is 4. The van der Waals surface area contributed by atoms with Gasteiger partial charge in [-0.3, -0.25) is 40.5 Å². The normalized spacial score (nSPS) is 10.0. The Morgan fingerprint density at radius 3 is 1.25 bits per heavy atom. The Balaban J connectivity index is 1.63. The predicted molar refractivity (Wildman–Crippen MR) is 140 cm³/mol. The molecule has 0 aliphatic rings. The van der Waals surface area contributed by atoms with Crippen LogP contribution < -0.4 is 21.3 Å². The molecule has 36 heavy (non-hydrogen) atoms. The van der Waals surface area contributed by atoms with Crippen LogP contribution in [-0.4, -0.2) is 31.9 Å². The molecule has 2 amide bonds. The number of carbonyl (C=O) groups is 2. The van der Waals surface area contributed by atoms with Gasteiger partial charge in [-0.25, -0.2) is 0 Å². The number of anilines is 2. The van der Waals surface area contributed by atoms with Gasteiger partial charge in [0, 0.05) is 35.6 Å². The first kappa shape index (κ1) is 25.8. The fraction of sp³-hybridized carbons (Fsp3) is 0. The molecule has 0 unspecified atom stereocenters. The molecule has 182 valence electrons. The molecular weight excluding hydrogens is 508 g/mol. The molecule has 14 heteroatoms. The lowest BCUT2D eigenvalue weighted by Crippen LogP contribution is -2.38. The van der Waals surface area contributed by atoms with E-state index >= 15 is 0 Å². The minimum atomic E-state index is -0.672. The van der Waals surface area contributed by atoms with Crippen molar-refractivity contribution in [3.63, 3.8) is 0 Å².